The van der Waals surface area contributed by atoms with Crippen LogP contribution in [0.25, 0.3) is 0 Å². The number of nitrogens with zero attached hydrogens (tertiary/aromatic N) is 2. The minimum absolute atomic E-state index is 0.0640. The quantitative estimate of drug-likeness (QED) is 0.791. The van der Waals surface area contributed by atoms with Crippen molar-refractivity contribution in [2.45, 2.75) is 38.8 Å². The van der Waals surface area contributed by atoms with E-state index < -0.39 is 0 Å². The Balaban J connectivity index is 1.72. The smallest absolute Gasteiger partial charge is 0.223 e. The van der Waals surface area contributed by atoms with E-state index in [-0.39, 0.29) is 18.0 Å². The second-order valence-electron chi connectivity index (χ2n) is 7.87. The topological polar surface area (TPSA) is 42.0 Å². The van der Waals surface area contributed by atoms with Crippen molar-refractivity contribution >= 4 is 11.6 Å². The number of morpholine rings is 1. The molecule has 2 aromatic carbocycles. The maximum atomic E-state index is 12.9. The summed E-state index contributed by atoms with van der Waals surface area (Å²) in [6, 6.07) is 15.0. The first-order chi connectivity index (χ1) is 14.1. The number of hydrogen-bond acceptors (Lipinski definition) is 4. The van der Waals surface area contributed by atoms with Gasteiger partial charge in [-0.15, -0.1) is 0 Å². The van der Waals surface area contributed by atoms with Gasteiger partial charge in [0.15, 0.2) is 0 Å². The fourth-order valence-corrected chi connectivity index (χ4v) is 4.58. The molecule has 1 fully saturated rings. The van der Waals surface area contributed by atoms with Gasteiger partial charge >= 0.3 is 0 Å². The number of rotatable bonds is 4. The van der Waals surface area contributed by atoms with Crippen LogP contribution in [0.3, 0.4) is 0 Å². The number of carbonyl (C=O) groups is 1. The molecule has 0 N–H and O–H groups in total. The highest BCUT2D eigenvalue weighted by Crippen LogP contribution is 2.40. The summed E-state index contributed by atoms with van der Waals surface area (Å²) >= 11 is 0. The van der Waals surface area contributed by atoms with E-state index in [0.29, 0.717) is 6.42 Å². The van der Waals surface area contributed by atoms with Crippen molar-refractivity contribution in [2.75, 3.05) is 38.3 Å². The third-order valence-electron chi connectivity index (χ3n) is 6.09. The Labute approximate surface area is 173 Å². The summed E-state index contributed by atoms with van der Waals surface area (Å²) in [7, 11) is 1.70. The van der Waals surface area contributed by atoms with Crippen LogP contribution in [0.5, 0.6) is 5.75 Å². The highest BCUT2D eigenvalue weighted by molar-refractivity contribution is 5.78. The van der Waals surface area contributed by atoms with Crippen molar-refractivity contribution in [3.05, 3.63) is 59.2 Å². The molecule has 0 spiro atoms. The van der Waals surface area contributed by atoms with Gasteiger partial charge in [0.2, 0.25) is 5.91 Å². The van der Waals surface area contributed by atoms with E-state index in [1.807, 2.05) is 13.0 Å². The fraction of sp³-hybridized carbons (Fsp3) is 0.458. The molecule has 154 valence electrons. The number of ether oxygens (including phenoxy) is 2. The lowest BCUT2D eigenvalue weighted by molar-refractivity contribution is -0.135. The van der Waals surface area contributed by atoms with Crippen LogP contribution < -0.4 is 9.64 Å². The molecule has 1 saturated heterocycles. The Morgan fingerprint density at radius 2 is 1.86 bits per heavy atom. The van der Waals surface area contributed by atoms with Crippen molar-refractivity contribution in [3.63, 3.8) is 0 Å². The fourth-order valence-electron chi connectivity index (χ4n) is 4.58. The highest BCUT2D eigenvalue weighted by Gasteiger charge is 2.35. The molecular weight excluding hydrogens is 364 g/mol. The van der Waals surface area contributed by atoms with Crippen LogP contribution in [0, 0.1) is 0 Å². The zero-order chi connectivity index (χ0) is 20.4. The van der Waals surface area contributed by atoms with Crippen LogP contribution in [-0.4, -0.2) is 50.3 Å². The number of fused-ring (bicyclic) bond motifs is 1. The minimum atomic E-state index is -0.0640. The average Bonchev–Trinajstić information content (AvgIpc) is 2.78. The number of benzene rings is 2. The lowest BCUT2D eigenvalue weighted by Crippen LogP contribution is -2.46. The zero-order valence-corrected chi connectivity index (χ0v) is 17.6. The number of amides is 1. The molecule has 0 aliphatic carbocycles. The number of anilines is 1. The summed E-state index contributed by atoms with van der Waals surface area (Å²) in [6.45, 7) is 7.47. The van der Waals surface area contributed by atoms with E-state index in [4.69, 9.17) is 9.47 Å². The van der Waals surface area contributed by atoms with Gasteiger partial charge in [-0.25, -0.2) is 0 Å². The molecule has 2 heterocycles. The molecule has 0 saturated carbocycles. The van der Waals surface area contributed by atoms with E-state index in [1.54, 1.807) is 7.11 Å². The molecule has 1 amide bonds. The molecule has 4 rings (SSSR count). The molecule has 2 aliphatic heterocycles. The van der Waals surface area contributed by atoms with Crippen molar-refractivity contribution in [3.8, 4) is 5.75 Å². The molecule has 5 nitrogen and oxygen atoms in total. The van der Waals surface area contributed by atoms with Crippen LogP contribution >= 0.6 is 0 Å². The van der Waals surface area contributed by atoms with Crippen LogP contribution in [0.15, 0.2) is 42.5 Å². The number of carbonyl (C=O) groups excluding carboxylic acids is 1. The summed E-state index contributed by atoms with van der Waals surface area (Å²) in [5.41, 5.74) is 4.83. The maximum Gasteiger partial charge on any atom is 0.223 e. The molecular formula is C24H30N2O3. The summed E-state index contributed by atoms with van der Waals surface area (Å²) < 4.78 is 10.9. The van der Waals surface area contributed by atoms with Crippen LogP contribution in [0.1, 0.15) is 43.0 Å². The zero-order valence-electron chi connectivity index (χ0n) is 17.6. The minimum Gasteiger partial charge on any atom is -0.497 e. The van der Waals surface area contributed by atoms with E-state index in [2.05, 4.69) is 53.1 Å². The van der Waals surface area contributed by atoms with Crippen molar-refractivity contribution in [1.82, 2.24) is 4.90 Å². The normalized spacial score (nSPS) is 21.6. The number of hydrogen-bond donors (Lipinski definition) is 0. The Morgan fingerprint density at radius 1 is 1.14 bits per heavy atom. The third-order valence-corrected chi connectivity index (χ3v) is 6.09. The molecule has 0 aromatic heterocycles. The Bertz CT molecular complexity index is 859. The molecule has 2 aliphatic rings. The van der Waals surface area contributed by atoms with Gasteiger partial charge in [-0.1, -0.05) is 25.1 Å². The van der Waals surface area contributed by atoms with Gasteiger partial charge in [0, 0.05) is 31.2 Å². The molecule has 5 heteroatoms. The highest BCUT2D eigenvalue weighted by atomic mass is 16.5. The van der Waals surface area contributed by atoms with Gasteiger partial charge < -0.3 is 19.3 Å². The van der Waals surface area contributed by atoms with E-state index in [1.165, 1.54) is 16.8 Å². The first-order valence-electron chi connectivity index (χ1n) is 10.5. The third kappa shape index (κ3) is 3.84. The summed E-state index contributed by atoms with van der Waals surface area (Å²) in [5.74, 6) is 1.06. The van der Waals surface area contributed by atoms with Crippen LogP contribution in [-0.2, 0) is 16.0 Å². The molecule has 2 atom stereocenters. The Hall–Kier alpha value is -2.53. The molecule has 0 unspecified atom stereocenters. The predicted molar refractivity (Wildman–Crippen MR) is 115 cm³/mol. The molecule has 0 bridgehead atoms. The van der Waals surface area contributed by atoms with Gasteiger partial charge in [-0.2, -0.15) is 0 Å². The first kappa shape index (κ1) is 19.8. The van der Waals surface area contributed by atoms with E-state index >= 15 is 0 Å². The summed E-state index contributed by atoms with van der Waals surface area (Å²) in [5, 5.41) is 0. The van der Waals surface area contributed by atoms with Gasteiger partial charge in [0.05, 0.1) is 26.4 Å². The summed E-state index contributed by atoms with van der Waals surface area (Å²) in [6.07, 6.45) is 1.36. The van der Waals surface area contributed by atoms with Crippen molar-refractivity contribution < 1.29 is 14.3 Å². The summed E-state index contributed by atoms with van der Waals surface area (Å²) in [4.78, 5) is 17.3. The monoisotopic (exact) mass is 394 g/mol. The van der Waals surface area contributed by atoms with Crippen LogP contribution in [0.2, 0.25) is 0 Å². The lowest BCUT2D eigenvalue weighted by atomic mass is 9.84. The van der Waals surface area contributed by atoms with Gasteiger partial charge in [0.25, 0.3) is 0 Å². The maximum absolute atomic E-state index is 12.9. The largest absolute Gasteiger partial charge is 0.497 e. The van der Waals surface area contributed by atoms with Gasteiger partial charge in [0.1, 0.15) is 5.75 Å². The van der Waals surface area contributed by atoms with Gasteiger partial charge in [-0.05, 0) is 54.3 Å². The Morgan fingerprint density at radius 3 is 2.52 bits per heavy atom. The molecule has 0 radical (unpaired) electrons. The van der Waals surface area contributed by atoms with Crippen molar-refractivity contribution in [2.24, 2.45) is 0 Å². The first-order valence-corrected chi connectivity index (χ1v) is 10.5. The second kappa shape index (κ2) is 8.46. The predicted octanol–water partition coefficient (Wildman–Crippen LogP) is 3.80. The Kier molecular flexibility index (Phi) is 5.76. The van der Waals surface area contributed by atoms with E-state index in [0.717, 1.165) is 44.0 Å². The molecule has 2 aromatic rings. The second-order valence-corrected chi connectivity index (χ2v) is 7.87. The van der Waals surface area contributed by atoms with Crippen molar-refractivity contribution in [1.29, 1.82) is 0 Å². The molecule has 29 heavy (non-hydrogen) atoms. The van der Waals surface area contributed by atoms with E-state index in [9.17, 15) is 4.79 Å². The lowest BCUT2D eigenvalue weighted by Gasteiger charge is -2.42. The average molecular weight is 395 g/mol. The SMILES string of the molecule is CCC(=O)N1[C@H](c2ccc(N3CCOCC3)cc2)c2ccc(OC)cc2C[C@@H]1C. The standard InChI is InChI=1S/C24H30N2O3/c1-4-23(27)26-17(2)15-19-16-21(28-3)9-10-22(19)24(26)18-5-7-20(8-6-18)25-11-13-29-14-12-25/h5-10,16-17,24H,4,11-15H2,1-3H3/t17-,24+/m0/s1. The number of methoxy groups -OCH3 is 1. The van der Waals surface area contributed by atoms with Gasteiger partial charge in [-0.3, -0.25) is 4.79 Å². The van der Waals surface area contributed by atoms with Crippen LogP contribution in [0.4, 0.5) is 5.69 Å².